The Labute approximate surface area is 73.2 Å². The number of amides is 1. The molecule has 2 N–H and O–H groups in total. The number of carbonyl (C=O) groups is 1. The molecule has 1 rings (SSSR count). The van der Waals surface area contributed by atoms with Crippen LogP contribution in [0.1, 0.15) is 0 Å². The van der Waals surface area contributed by atoms with E-state index in [1.807, 2.05) is 0 Å². The quantitative estimate of drug-likeness (QED) is 0.566. The number of hydrogen-bond donors (Lipinski definition) is 2. The zero-order valence-corrected chi connectivity index (χ0v) is 7.46. The Hall–Kier alpha value is -0.670. The molecule has 12 heavy (non-hydrogen) atoms. The van der Waals surface area contributed by atoms with Gasteiger partial charge in [0.2, 0.25) is 6.10 Å². The molecular weight excluding hydrogens is 203 g/mol. The Balaban J connectivity index is 2.79. The van der Waals surface area contributed by atoms with Crippen LogP contribution in [-0.2, 0) is 16.5 Å². The largest absolute Gasteiger partial charge is 0.428 e. The maximum Gasteiger partial charge on any atom is 0.418 e. The van der Waals surface area contributed by atoms with Crippen LogP contribution in [0.15, 0.2) is 0 Å². The molecule has 1 unspecified atom stereocenters. The fraction of sp³-hybridized carbons (Fsp3) is 0.500. The molecule has 0 aromatic rings. The lowest BCUT2D eigenvalue weighted by Crippen LogP contribution is -2.20. The fourth-order valence-electron chi connectivity index (χ4n) is 0.731. The van der Waals surface area contributed by atoms with Gasteiger partial charge >= 0.3 is 6.09 Å². The first-order chi connectivity index (χ1) is 5.45. The number of ether oxygens (including phenoxy) is 1. The number of carbonyl (C=O) groups excluding carboxylic acids is 1. The van der Waals surface area contributed by atoms with E-state index in [4.69, 9.17) is 15.0 Å². The van der Waals surface area contributed by atoms with Crippen LogP contribution in [0, 0.1) is 11.3 Å². The Bertz CT molecular complexity index is 294. The number of rotatable bonds is 1. The third kappa shape index (κ3) is 1.73. The summed E-state index contributed by atoms with van der Waals surface area (Å²) in [4.78, 5) is 28.6. The molecular formula is C4H5N2O4PS. The van der Waals surface area contributed by atoms with Crippen molar-refractivity contribution in [2.24, 2.45) is 0 Å². The van der Waals surface area contributed by atoms with E-state index in [2.05, 4.69) is 16.5 Å². The van der Waals surface area contributed by atoms with Crippen LogP contribution in [0.2, 0.25) is 0 Å². The van der Waals surface area contributed by atoms with Crippen molar-refractivity contribution < 1.29 is 19.3 Å². The van der Waals surface area contributed by atoms with Gasteiger partial charge < -0.3 is 14.5 Å². The Morgan fingerprint density at radius 2 is 2.42 bits per heavy atom. The lowest BCUT2D eigenvalue weighted by molar-refractivity contribution is 0.153. The van der Waals surface area contributed by atoms with Crippen molar-refractivity contribution in [3.05, 3.63) is 0 Å². The van der Waals surface area contributed by atoms with Crippen LogP contribution in [0.4, 0.5) is 4.79 Å². The van der Waals surface area contributed by atoms with Crippen LogP contribution in [0.5, 0.6) is 0 Å². The summed E-state index contributed by atoms with van der Waals surface area (Å²) in [6, 6.07) is 1.66. The molecule has 0 aliphatic carbocycles. The van der Waals surface area contributed by atoms with Gasteiger partial charge in [-0.2, -0.15) is 5.26 Å². The summed E-state index contributed by atoms with van der Waals surface area (Å²) in [5, 5.41) is 8.33. The topological polar surface area (TPSA) is 93.8 Å². The van der Waals surface area contributed by atoms with Gasteiger partial charge in [0.25, 0.3) is 6.64 Å². The van der Waals surface area contributed by atoms with Crippen molar-refractivity contribution in [1.82, 2.24) is 4.67 Å². The normalized spacial score (nSPS) is 23.6. The third-order valence-electron chi connectivity index (χ3n) is 1.25. The highest BCUT2D eigenvalue weighted by Crippen LogP contribution is 2.43. The Morgan fingerprint density at radius 3 is 2.67 bits per heavy atom. The van der Waals surface area contributed by atoms with Gasteiger partial charge in [-0.1, -0.05) is 0 Å². The summed E-state index contributed by atoms with van der Waals surface area (Å²) in [6.07, 6.45) is -1.91. The maximum absolute atomic E-state index is 10.8. The van der Waals surface area contributed by atoms with Crippen molar-refractivity contribution in [3.63, 3.8) is 0 Å². The van der Waals surface area contributed by atoms with Gasteiger partial charge in [-0.15, -0.1) is 0 Å². The molecule has 1 fully saturated rings. The molecule has 66 valence electrons. The van der Waals surface area contributed by atoms with Gasteiger partial charge in [-0.3, -0.25) is 0 Å². The van der Waals surface area contributed by atoms with Crippen LogP contribution in [0.25, 0.3) is 0 Å². The lowest BCUT2D eigenvalue weighted by atomic mass is 10.4. The molecule has 1 heterocycles. The first kappa shape index (κ1) is 9.42. The molecule has 1 atom stereocenters. The zero-order valence-electron chi connectivity index (χ0n) is 5.75. The molecule has 1 amide bonds. The summed E-state index contributed by atoms with van der Waals surface area (Å²) in [5.74, 6) is 0. The number of nitrogens with zero attached hydrogens (tertiary/aromatic N) is 2. The van der Waals surface area contributed by atoms with Gasteiger partial charge in [0.1, 0.15) is 6.07 Å². The lowest BCUT2D eigenvalue weighted by Gasteiger charge is -2.16. The third-order valence-corrected chi connectivity index (χ3v) is 2.80. The zero-order chi connectivity index (χ0) is 9.35. The first-order valence-corrected chi connectivity index (χ1v) is 5.55. The van der Waals surface area contributed by atoms with Crippen LogP contribution in [-0.4, -0.2) is 33.2 Å². The molecule has 1 saturated heterocycles. The van der Waals surface area contributed by atoms with Gasteiger partial charge in [-0.05, 0) is 11.8 Å². The summed E-state index contributed by atoms with van der Waals surface area (Å²) in [5.41, 5.74) is 0. The molecule has 0 aromatic carbocycles. The average molecular weight is 208 g/mol. The second-order valence-corrected chi connectivity index (χ2v) is 5.08. The number of nitriles is 1. The van der Waals surface area contributed by atoms with E-state index in [1.165, 1.54) is 0 Å². The molecule has 0 aromatic heterocycles. The van der Waals surface area contributed by atoms with Crippen molar-refractivity contribution in [1.29, 1.82) is 5.26 Å². The summed E-state index contributed by atoms with van der Waals surface area (Å²) in [7, 11) is 0. The van der Waals surface area contributed by atoms with Crippen molar-refractivity contribution in [3.8, 4) is 6.07 Å². The number of cyclic esters (lactones) is 1. The van der Waals surface area contributed by atoms with Gasteiger partial charge in [0, 0.05) is 0 Å². The SMILES string of the molecule is N#CC1CN(P(O)(O)=S)C(=O)O1. The maximum atomic E-state index is 10.8. The van der Waals surface area contributed by atoms with Crippen LogP contribution in [0.3, 0.4) is 0 Å². The molecule has 0 saturated carbocycles. The standard InChI is InChI=1S/C4H5N2O4PS/c5-1-3-2-6(4(7)10-3)11(8,9)12/h3H,2H2,(H2,8,9,12). The molecule has 8 heteroatoms. The van der Waals surface area contributed by atoms with Crippen molar-refractivity contribution >= 4 is 24.5 Å². The second kappa shape index (κ2) is 2.99. The van der Waals surface area contributed by atoms with E-state index in [1.54, 1.807) is 6.07 Å². The van der Waals surface area contributed by atoms with E-state index >= 15 is 0 Å². The highest BCUT2D eigenvalue weighted by Gasteiger charge is 2.38. The van der Waals surface area contributed by atoms with E-state index in [9.17, 15) is 4.79 Å². The molecule has 0 spiro atoms. The van der Waals surface area contributed by atoms with Gasteiger partial charge in [0.05, 0.1) is 6.54 Å². The molecule has 1 aliphatic rings. The monoisotopic (exact) mass is 208 g/mol. The van der Waals surface area contributed by atoms with E-state index in [-0.39, 0.29) is 6.54 Å². The molecule has 0 bridgehead atoms. The van der Waals surface area contributed by atoms with Crippen LogP contribution >= 0.6 is 6.64 Å². The highest BCUT2D eigenvalue weighted by atomic mass is 32.5. The molecule has 0 radical (unpaired) electrons. The second-order valence-electron chi connectivity index (χ2n) is 2.10. The van der Waals surface area contributed by atoms with Gasteiger partial charge in [-0.25, -0.2) is 9.46 Å². The van der Waals surface area contributed by atoms with E-state index in [0.717, 1.165) is 0 Å². The van der Waals surface area contributed by atoms with Crippen molar-refractivity contribution in [2.75, 3.05) is 6.54 Å². The minimum atomic E-state index is -3.78. The summed E-state index contributed by atoms with van der Waals surface area (Å²) < 4.78 is 5.01. The van der Waals surface area contributed by atoms with Crippen molar-refractivity contribution in [2.45, 2.75) is 6.10 Å². The molecule has 1 aliphatic heterocycles. The van der Waals surface area contributed by atoms with E-state index < -0.39 is 18.8 Å². The minimum absolute atomic E-state index is 0.181. The first-order valence-electron chi connectivity index (χ1n) is 2.89. The minimum Gasteiger partial charge on any atom is -0.428 e. The average Bonchev–Trinajstić information content (AvgIpc) is 2.29. The van der Waals surface area contributed by atoms with Gasteiger partial charge in [0.15, 0.2) is 0 Å². The highest BCUT2D eigenvalue weighted by molar-refractivity contribution is 8.08. The fourth-order valence-corrected chi connectivity index (χ4v) is 1.75. The Morgan fingerprint density at radius 1 is 1.83 bits per heavy atom. The molecule has 6 nitrogen and oxygen atoms in total. The summed E-state index contributed by atoms with van der Waals surface area (Å²) >= 11 is 4.26. The smallest absolute Gasteiger partial charge is 0.418 e. The predicted octanol–water partition coefficient (Wildman–Crippen LogP) is -0.460. The van der Waals surface area contributed by atoms with E-state index in [0.29, 0.717) is 4.67 Å². The van der Waals surface area contributed by atoms with Crippen LogP contribution < -0.4 is 0 Å². The Kier molecular flexibility index (Phi) is 2.35. The predicted molar refractivity (Wildman–Crippen MR) is 41.3 cm³/mol. The summed E-state index contributed by atoms with van der Waals surface area (Å²) in [6.45, 7) is -3.96. The number of hydrogen-bond acceptors (Lipinski definition) is 4.